The zero-order valence-corrected chi connectivity index (χ0v) is 55.8. The lowest BCUT2D eigenvalue weighted by atomic mass is 10.0. The molecule has 2 unspecified atom stereocenters. The quantitative estimate of drug-likeness (QED) is 0.0320. The van der Waals surface area contributed by atoms with E-state index in [4.69, 9.17) is 4.74 Å². The van der Waals surface area contributed by atoms with Crippen LogP contribution in [0.2, 0.25) is 0 Å². The average Bonchev–Trinajstić information content (AvgIpc) is 3.49. The molecule has 82 heavy (non-hydrogen) atoms. The van der Waals surface area contributed by atoms with Crippen LogP contribution in [-0.2, 0) is 14.3 Å². The van der Waals surface area contributed by atoms with Crippen LogP contribution in [0.25, 0.3) is 0 Å². The Kier molecular flexibility index (Phi) is 70.4. The summed E-state index contributed by atoms with van der Waals surface area (Å²) >= 11 is 0. The van der Waals surface area contributed by atoms with Crippen LogP contribution < -0.4 is 5.32 Å². The molecule has 0 spiro atoms. The second kappa shape index (κ2) is 71.8. The molecule has 0 saturated carbocycles. The molecule has 0 rings (SSSR count). The topological polar surface area (TPSA) is 95.9 Å². The highest BCUT2D eigenvalue weighted by Gasteiger charge is 2.18. The molecule has 486 valence electrons. The molecular weight excluding hydrogens is 1010 g/mol. The van der Waals surface area contributed by atoms with Crippen LogP contribution in [0.15, 0.2) is 24.3 Å². The molecule has 0 aliphatic rings. The van der Waals surface area contributed by atoms with E-state index in [-0.39, 0.29) is 18.5 Å². The lowest BCUT2D eigenvalue weighted by Crippen LogP contribution is -2.45. The molecule has 3 N–H and O–H groups in total. The zero-order chi connectivity index (χ0) is 59.2. The second-order valence-corrected chi connectivity index (χ2v) is 26.0. The molecule has 6 heteroatoms. The summed E-state index contributed by atoms with van der Waals surface area (Å²) in [5.74, 6) is -0.0382. The number of carbonyl (C=O) groups excluding carboxylic acids is 2. The van der Waals surface area contributed by atoms with Crippen molar-refractivity contribution in [2.75, 3.05) is 13.2 Å². The van der Waals surface area contributed by atoms with Crippen molar-refractivity contribution >= 4 is 11.9 Å². The molecule has 0 aromatic rings. The van der Waals surface area contributed by atoms with Crippen LogP contribution in [0.4, 0.5) is 0 Å². The van der Waals surface area contributed by atoms with Gasteiger partial charge in [0.15, 0.2) is 0 Å². The van der Waals surface area contributed by atoms with Gasteiger partial charge in [-0.1, -0.05) is 378 Å². The smallest absolute Gasteiger partial charge is 0.305 e. The Morgan fingerprint density at radius 2 is 0.573 bits per heavy atom. The van der Waals surface area contributed by atoms with Crippen molar-refractivity contribution in [1.82, 2.24) is 5.32 Å². The fourth-order valence-electron chi connectivity index (χ4n) is 12.0. The van der Waals surface area contributed by atoms with Gasteiger partial charge in [0, 0.05) is 12.8 Å². The normalized spacial score (nSPS) is 12.6. The molecule has 0 aliphatic carbocycles. The minimum Gasteiger partial charge on any atom is -0.466 e. The van der Waals surface area contributed by atoms with Gasteiger partial charge >= 0.3 is 5.97 Å². The summed E-state index contributed by atoms with van der Waals surface area (Å²) in [5.41, 5.74) is 0. The number of esters is 1. The summed E-state index contributed by atoms with van der Waals surface area (Å²) in [6.07, 6.45) is 91.7. The third kappa shape index (κ3) is 67.5. The van der Waals surface area contributed by atoms with E-state index < -0.39 is 12.1 Å². The Morgan fingerprint density at radius 3 is 0.866 bits per heavy atom. The lowest BCUT2D eigenvalue weighted by molar-refractivity contribution is -0.143. The van der Waals surface area contributed by atoms with Crippen LogP contribution in [-0.4, -0.2) is 47.4 Å². The van der Waals surface area contributed by atoms with Gasteiger partial charge in [0.05, 0.1) is 25.4 Å². The predicted molar refractivity (Wildman–Crippen MR) is 361 cm³/mol. The van der Waals surface area contributed by atoms with E-state index in [1.807, 2.05) is 6.08 Å². The summed E-state index contributed by atoms with van der Waals surface area (Å²) < 4.78 is 5.52. The van der Waals surface area contributed by atoms with Gasteiger partial charge in [-0.3, -0.25) is 9.59 Å². The monoisotopic (exact) mass is 1150 g/mol. The highest BCUT2D eigenvalue weighted by atomic mass is 16.5. The van der Waals surface area contributed by atoms with E-state index in [0.717, 1.165) is 38.5 Å². The number of aliphatic hydroxyl groups excluding tert-OH is 2. The second-order valence-electron chi connectivity index (χ2n) is 26.0. The molecule has 0 saturated heterocycles. The summed E-state index contributed by atoms with van der Waals surface area (Å²) in [6, 6.07) is -0.622. The number of nitrogens with one attached hydrogen (secondary N) is 1. The van der Waals surface area contributed by atoms with Gasteiger partial charge in [0.1, 0.15) is 0 Å². The molecule has 0 fully saturated rings. The van der Waals surface area contributed by atoms with Crippen molar-refractivity contribution in [3.8, 4) is 0 Å². The molecule has 0 aromatic heterocycles. The molecule has 2 atom stereocenters. The molecule has 0 aromatic carbocycles. The average molecular weight is 1160 g/mol. The fourth-order valence-corrected chi connectivity index (χ4v) is 12.0. The number of allylic oxidation sites excluding steroid dienone is 3. The maximum atomic E-state index is 12.4. The van der Waals surface area contributed by atoms with Crippen molar-refractivity contribution in [2.45, 2.75) is 437 Å². The van der Waals surface area contributed by atoms with E-state index in [0.29, 0.717) is 19.4 Å². The first-order valence-corrected chi connectivity index (χ1v) is 37.6. The SMILES string of the molecule is CCCCCCCCC/C=C/C(O)C(CO)NC(=O)CCCCCCCCCCCCCCCCCCC/C=C\CCCCCCCCCCCCCCCCCCOC(=O)CCCCCCCCCCCCCCCCCCCCC. The Bertz CT molecular complexity index is 1280. The van der Waals surface area contributed by atoms with Gasteiger partial charge in [-0.2, -0.15) is 0 Å². The van der Waals surface area contributed by atoms with Gasteiger partial charge in [0.2, 0.25) is 5.91 Å². The van der Waals surface area contributed by atoms with E-state index in [9.17, 15) is 19.8 Å². The number of hydrogen-bond donors (Lipinski definition) is 3. The van der Waals surface area contributed by atoms with Crippen LogP contribution in [0.5, 0.6) is 0 Å². The van der Waals surface area contributed by atoms with Gasteiger partial charge in [-0.25, -0.2) is 0 Å². The molecule has 0 aliphatic heterocycles. The Labute approximate surface area is 513 Å². The molecule has 0 radical (unpaired) electrons. The van der Waals surface area contributed by atoms with Crippen molar-refractivity contribution in [2.24, 2.45) is 0 Å². The van der Waals surface area contributed by atoms with E-state index in [1.54, 1.807) is 6.08 Å². The van der Waals surface area contributed by atoms with Gasteiger partial charge in [-0.05, 0) is 57.8 Å². The predicted octanol–water partition coefficient (Wildman–Crippen LogP) is 24.5. The summed E-state index contributed by atoms with van der Waals surface area (Å²) in [5, 5.41) is 23.0. The molecule has 1 amide bonds. The summed E-state index contributed by atoms with van der Waals surface area (Å²) in [4.78, 5) is 24.5. The van der Waals surface area contributed by atoms with Gasteiger partial charge < -0.3 is 20.3 Å². The van der Waals surface area contributed by atoms with Crippen molar-refractivity contribution < 1.29 is 24.5 Å². The van der Waals surface area contributed by atoms with Gasteiger partial charge in [0.25, 0.3) is 0 Å². The third-order valence-corrected chi connectivity index (χ3v) is 17.7. The highest BCUT2D eigenvalue weighted by Crippen LogP contribution is 2.19. The molecular formula is C76H147NO5. The Hall–Kier alpha value is -1.66. The maximum Gasteiger partial charge on any atom is 0.305 e. The number of ether oxygens (including phenoxy) is 1. The van der Waals surface area contributed by atoms with E-state index in [2.05, 4.69) is 31.3 Å². The Morgan fingerprint density at radius 1 is 0.329 bits per heavy atom. The lowest BCUT2D eigenvalue weighted by Gasteiger charge is -2.20. The highest BCUT2D eigenvalue weighted by molar-refractivity contribution is 5.76. The minimum atomic E-state index is -0.839. The van der Waals surface area contributed by atoms with Crippen LogP contribution >= 0.6 is 0 Å². The largest absolute Gasteiger partial charge is 0.466 e. The number of rotatable bonds is 71. The fraction of sp³-hybridized carbons (Fsp3) is 0.921. The van der Waals surface area contributed by atoms with E-state index in [1.165, 1.54) is 360 Å². The standard InChI is InChI=1S/C76H147NO5/c1-3-5-7-9-11-13-14-15-16-17-37-41-44-47-50-54-58-62-66-70-76(81)82-71-67-63-59-55-51-48-45-42-39-36-34-32-30-28-26-24-22-20-18-19-21-23-25-27-29-31-33-35-38-40-43-46-49-53-57-61-65-69-75(80)77-73(72-78)74(79)68-64-60-56-52-12-10-8-6-4-2/h18,20,64,68,73-74,78-79H,3-17,19,21-63,65-67,69-72H2,1-2H3,(H,77,80)/b20-18-,68-64+. The number of amides is 1. The van der Waals surface area contributed by atoms with Crippen molar-refractivity contribution in [3.63, 3.8) is 0 Å². The van der Waals surface area contributed by atoms with Crippen molar-refractivity contribution in [1.29, 1.82) is 0 Å². The number of carbonyl (C=O) groups is 2. The first kappa shape index (κ1) is 80.3. The van der Waals surface area contributed by atoms with Crippen LogP contribution in [0.1, 0.15) is 425 Å². The molecule has 0 bridgehead atoms. The van der Waals surface area contributed by atoms with E-state index >= 15 is 0 Å². The Balaban J connectivity index is 3.29. The minimum absolute atomic E-state index is 0.0268. The van der Waals surface area contributed by atoms with Crippen molar-refractivity contribution in [3.05, 3.63) is 24.3 Å². The number of unbranched alkanes of at least 4 members (excludes halogenated alkanes) is 58. The first-order chi connectivity index (χ1) is 40.5. The number of aliphatic hydroxyl groups is 2. The van der Waals surface area contributed by atoms with Crippen LogP contribution in [0.3, 0.4) is 0 Å². The molecule has 0 heterocycles. The maximum absolute atomic E-state index is 12.4. The summed E-state index contributed by atoms with van der Waals surface area (Å²) in [6.45, 7) is 4.92. The van der Waals surface area contributed by atoms with Crippen LogP contribution in [0, 0.1) is 0 Å². The molecule has 6 nitrogen and oxygen atoms in total. The van der Waals surface area contributed by atoms with Gasteiger partial charge in [-0.15, -0.1) is 0 Å². The number of hydrogen-bond acceptors (Lipinski definition) is 5. The summed E-state index contributed by atoms with van der Waals surface area (Å²) in [7, 11) is 0. The first-order valence-electron chi connectivity index (χ1n) is 37.6. The zero-order valence-electron chi connectivity index (χ0n) is 55.8. The third-order valence-electron chi connectivity index (χ3n) is 17.7.